The molecule has 4 heteroatoms. The van der Waals surface area contributed by atoms with Crippen molar-refractivity contribution in [3.63, 3.8) is 0 Å². The summed E-state index contributed by atoms with van der Waals surface area (Å²) in [4.78, 5) is 16.8. The minimum absolute atomic E-state index is 0.0208. The van der Waals surface area contributed by atoms with E-state index in [4.69, 9.17) is 0 Å². The first-order chi connectivity index (χ1) is 11.2. The maximum atomic E-state index is 13.0. The number of hydrogen-bond acceptors (Lipinski definition) is 2. The zero-order valence-electron chi connectivity index (χ0n) is 13.3. The lowest BCUT2D eigenvalue weighted by molar-refractivity contribution is 0.0610. The van der Waals surface area contributed by atoms with Crippen LogP contribution in [0.1, 0.15) is 23.2 Å². The molecular weight excluding hydrogens is 291 g/mol. The molecule has 0 N–H and O–H groups in total. The van der Waals surface area contributed by atoms with Gasteiger partial charge in [-0.1, -0.05) is 12.2 Å². The molecule has 0 aromatic heterocycles. The van der Waals surface area contributed by atoms with E-state index >= 15 is 0 Å². The van der Waals surface area contributed by atoms with Crippen molar-refractivity contribution in [3.8, 4) is 0 Å². The van der Waals surface area contributed by atoms with Crippen molar-refractivity contribution in [2.45, 2.75) is 12.8 Å². The number of fused-ring (bicyclic) bond motifs is 2. The van der Waals surface area contributed by atoms with Crippen LogP contribution < -0.4 is 0 Å². The number of hydrogen-bond donors (Lipinski definition) is 0. The van der Waals surface area contributed by atoms with Gasteiger partial charge in [0.05, 0.1) is 0 Å². The van der Waals surface area contributed by atoms with E-state index in [1.165, 1.54) is 31.5 Å². The van der Waals surface area contributed by atoms with E-state index in [0.29, 0.717) is 5.56 Å². The van der Waals surface area contributed by atoms with E-state index in [9.17, 15) is 9.18 Å². The van der Waals surface area contributed by atoms with Gasteiger partial charge in [0, 0.05) is 38.3 Å². The Bertz CT molecular complexity index is 604. The van der Waals surface area contributed by atoms with Gasteiger partial charge in [0.1, 0.15) is 5.82 Å². The van der Waals surface area contributed by atoms with Crippen molar-refractivity contribution in [1.29, 1.82) is 0 Å². The smallest absolute Gasteiger partial charge is 0.253 e. The molecule has 1 saturated carbocycles. The van der Waals surface area contributed by atoms with Gasteiger partial charge in [0.25, 0.3) is 5.91 Å². The molecule has 23 heavy (non-hydrogen) atoms. The van der Waals surface area contributed by atoms with Crippen LogP contribution in [0.2, 0.25) is 0 Å². The highest BCUT2D eigenvalue weighted by Crippen LogP contribution is 2.43. The Balaban J connectivity index is 1.29. The van der Waals surface area contributed by atoms with Gasteiger partial charge < -0.3 is 4.90 Å². The number of benzene rings is 1. The average Bonchev–Trinajstić information content (AvgIpc) is 3.18. The van der Waals surface area contributed by atoms with Crippen LogP contribution in [0.4, 0.5) is 4.39 Å². The number of rotatable bonds is 3. The SMILES string of the molecule is O=C(c1ccc(F)cc1)N1CCN(C[C@@H]2C[C@@H]3C=C[C@@H]2C3)CC1. The molecule has 0 unspecified atom stereocenters. The first-order valence-corrected chi connectivity index (χ1v) is 8.64. The van der Waals surface area contributed by atoms with Gasteiger partial charge in [0.15, 0.2) is 0 Å². The third-order valence-electron chi connectivity index (χ3n) is 5.66. The topological polar surface area (TPSA) is 23.6 Å². The highest BCUT2D eigenvalue weighted by atomic mass is 19.1. The fourth-order valence-corrected chi connectivity index (χ4v) is 4.34. The van der Waals surface area contributed by atoms with Crippen molar-refractivity contribution >= 4 is 5.91 Å². The van der Waals surface area contributed by atoms with Crippen molar-refractivity contribution < 1.29 is 9.18 Å². The molecule has 3 atom stereocenters. The van der Waals surface area contributed by atoms with Gasteiger partial charge in [-0.25, -0.2) is 4.39 Å². The molecule has 1 heterocycles. The van der Waals surface area contributed by atoms with Gasteiger partial charge in [-0.2, -0.15) is 0 Å². The zero-order valence-corrected chi connectivity index (χ0v) is 13.3. The van der Waals surface area contributed by atoms with E-state index < -0.39 is 0 Å². The quantitative estimate of drug-likeness (QED) is 0.801. The summed E-state index contributed by atoms with van der Waals surface area (Å²) < 4.78 is 13.0. The van der Waals surface area contributed by atoms with Crippen LogP contribution in [0.25, 0.3) is 0 Å². The average molecular weight is 314 g/mol. The van der Waals surface area contributed by atoms with E-state index in [2.05, 4.69) is 17.1 Å². The number of carbonyl (C=O) groups excluding carboxylic acids is 1. The number of piperazine rings is 1. The molecule has 1 aromatic rings. The summed E-state index contributed by atoms with van der Waals surface area (Å²) in [5.41, 5.74) is 0.582. The van der Waals surface area contributed by atoms with Crippen molar-refractivity contribution in [2.75, 3.05) is 32.7 Å². The van der Waals surface area contributed by atoms with Gasteiger partial charge in [0.2, 0.25) is 0 Å². The first-order valence-electron chi connectivity index (χ1n) is 8.64. The number of halogens is 1. The van der Waals surface area contributed by atoms with Crippen LogP contribution in [0, 0.1) is 23.6 Å². The lowest BCUT2D eigenvalue weighted by Gasteiger charge is -2.37. The Hall–Kier alpha value is -1.68. The Kier molecular flexibility index (Phi) is 3.93. The van der Waals surface area contributed by atoms with Crippen molar-refractivity contribution in [2.24, 2.45) is 17.8 Å². The molecule has 3 nitrogen and oxygen atoms in total. The molecule has 2 aliphatic carbocycles. The third-order valence-corrected chi connectivity index (χ3v) is 5.66. The van der Waals surface area contributed by atoms with E-state index in [-0.39, 0.29) is 11.7 Å². The van der Waals surface area contributed by atoms with Gasteiger partial charge in [-0.05, 0) is 54.9 Å². The fourth-order valence-electron chi connectivity index (χ4n) is 4.34. The molecule has 1 amide bonds. The maximum Gasteiger partial charge on any atom is 0.253 e. The highest BCUT2D eigenvalue weighted by Gasteiger charge is 2.36. The van der Waals surface area contributed by atoms with Gasteiger partial charge in [-0.3, -0.25) is 9.69 Å². The van der Waals surface area contributed by atoms with Crippen LogP contribution in [-0.4, -0.2) is 48.4 Å². The largest absolute Gasteiger partial charge is 0.336 e. The van der Waals surface area contributed by atoms with Crippen LogP contribution in [-0.2, 0) is 0 Å². The normalized spacial score (nSPS) is 30.1. The molecule has 3 aliphatic rings. The van der Waals surface area contributed by atoms with E-state index in [1.54, 1.807) is 12.1 Å². The summed E-state index contributed by atoms with van der Waals surface area (Å²) in [6.45, 7) is 4.61. The predicted octanol–water partition coefficient (Wildman–Crippen LogP) is 2.80. The summed E-state index contributed by atoms with van der Waals surface area (Å²) >= 11 is 0. The minimum Gasteiger partial charge on any atom is -0.336 e. The van der Waals surface area contributed by atoms with Crippen LogP contribution >= 0.6 is 0 Å². The summed E-state index contributed by atoms with van der Waals surface area (Å²) in [5.74, 6) is 2.15. The molecule has 4 rings (SSSR count). The molecular formula is C19H23FN2O. The number of allylic oxidation sites excluding steroid dienone is 2. The predicted molar refractivity (Wildman–Crippen MR) is 87.6 cm³/mol. The zero-order chi connectivity index (χ0) is 15.8. The Labute approximate surface area is 136 Å². The molecule has 122 valence electrons. The Morgan fingerprint density at radius 3 is 2.39 bits per heavy atom. The van der Waals surface area contributed by atoms with Crippen LogP contribution in [0.3, 0.4) is 0 Å². The molecule has 0 spiro atoms. The van der Waals surface area contributed by atoms with Crippen molar-refractivity contribution in [3.05, 3.63) is 47.8 Å². The Morgan fingerprint density at radius 1 is 1.04 bits per heavy atom. The van der Waals surface area contributed by atoms with Crippen LogP contribution in [0.5, 0.6) is 0 Å². The number of amides is 1. The maximum absolute atomic E-state index is 13.0. The summed E-state index contributed by atoms with van der Waals surface area (Å²) in [5, 5.41) is 0. The molecule has 2 bridgehead atoms. The van der Waals surface area contributed by atoms with Gasteiger partial charge in [-0.15, -0.1) is 0 Å². The van der Waals surface area contributed by atoms with Crippen molar-refractivity contribution in [1.82, 2.24) is 9.80 Å². The Morgan fingerprint density at radius 2 is 1.78 bits per heavy atom. The molecule has 1 aliphatic heterocycles. The summed E-state index contributed by atoms with van der Waals surface area (Å²) in [6, 6.07) is 5.86. The lowest BCUT2D eigenvalue weighted by Crippen LogP contribution is -2.50. The van der Waals surface area contributed by atoms with E-state index in [1.807, 2.05) is 4.90 Å². The lowest BCUT2D eigenvalue weighted by atomic mass is 9.93. The summed E-state index contributed by atoms with van der Waals surface area (Å²) in [7, 11) is 0. The first kappa shape index (κ1) is 14.9. The monoisotopic (exact) mass is 314 g/mol. The number of carbonyl (C=O) groups is 1. The second-order valence-electron chi connectivity index (χ2n) is 7.14. The number of nitrogens with zero attached hydrogens (tertiary/aromatic N) is 2. The second kappa shape index (κ2) is 6.08. The fraction of sp³-hybridized carbons (Fsp3) is 0.526. The minimum atomic E-state index is -0.300. The second-order valence-corrected chi connectivity index (χ2v) is 7.14. The van der Waals surface area contributed by atoms with Crippen LogP contribution in [0.15, 0.2) is 36.4 Å². The summed E-state index contributed by atoms with van der Waals surface area (Å²) in [6.07, 6.45) is 7.50. The molecule has 2 fully saturated rings. The molecule has 0 radical (unpaired) electrons. The molecule has 1 aromatic carbocycles. The van der Waals surface area contributed by atoms with E-state index in [0.717, 1.165) is 43.9 Å². The third kappa shape index (κ3) is 3.05. The molecule has 1 saturated heterocycles. The highest BCUT2D eigenvalue weighted by molar-refractivity contribution is 5.94. The standard InChI is InChI=1S/C19H23FN2O/c20-18-5-3-15(4-6-18)19(23)22-9-7-21(8-10-22)13-17-12-14-1-2-16(17)11-14/h1-6,14,16-17H,7-13H2/t14-,16-,17+/m1/s1. The van der Waals surface area contributed by atoms with Gasteiger partial charge >= 0.3 is 0 Å².